The number of alkyl halides is 6. The lowest BCUT2D eigenvalue weighted by Gasteiger charge is -2.17. The zero-order chi connectivity index (χ0) is 15.5. The van der Waals surface area contributed by atoms with E-state index in [9.17, 15) is 26.7 Å². The molecule has 0 unspecified atom stereocenters. The Kier molecular flexibility index (Phi) is 5.09. The van der Waals surface area contributed by atoms with Crippen molar-refractivity contribution in [3.05, 3.63) is 23.0 Å². The number of pyridine rings is 1. The molecule has 1 N–H and O–H groups in total. The van der Waals surface area contributed by atoms with Crippen LogP contribution in [-0.2, 0) is 17.1 Å². The van der Waals surface area contributed by atoms with Crippen molar-refractivity contribution in [1.82, 2.24) is 4.98 Å². The zero-order valence-corrected chi connectivity index (χ0v) is 10.3. The highest BCUT2D eigenvalue weighted by molar-refractivity contribution is 6.17. The van der Waals surface area contributed by atoms with Crippen molar-refractivity contribution < 1.29 is 36.6 Å². The third-order valence-corrected chi connectivity index (χ3v) is 2.42. The molecule has 0 fully saturated rings. The third kappa shape index (κ3) is 4.19. The first kappa shape index (κ1) is 16.4. The van der Waals surface area contributed by atoms with Crippen molar-refractivity contribution in [3.63, 3.8) is 0 Å². The monoisotopic (exact) mass is 319 g/mol. The van der Waals surface area contributed by atoms with E-state index in [4.69, 9.17) is 16.7 Å². The second kappa shape index (κ2) is 6.21. The summed E-state index contributed by atoms with van der Waals surface area (Å²) in [6.45, 7) is 0. The number of halogens is 6. The molecule has 0 spiro atoms. The third-order valence-electron chi connectivity index (χ3n) is 2.13. The largest absolute Gasteiger partial charge is 0.573 e. The van der Waals surface area contributed by atoms with E-state index in [-0.39, 0.29) is 5.56 Å². The summed E-state index contributed by atoms with van der Waals surface area (Å²) in [7, 11) is 0. The summed E-state index contributed by atoms with van der Waals surface area (Å²) in [6, 6.07) is 0. The number of carboxylic acids is 1. The summed E-state index contributed by atoms with van der Waals surface area (Å²) < 4.78 is 66.1. The Balaban J connectivity index is 3.45. The normalized spacial score (nSPS) is 11.8. The zero-order valence-electron chi connectivity index (χ0n) is 9.55. The molecule has 1 heterocycles. The molecule has 0 aliphatic carbocycles. The summed E-state index contributed by atoms with van der Waals surface area (Å²) in [5, 5.41) is 8.56. The molecular formula is C10H7ClF5NO3. The van der Waals surface area contributed by atoms with Crippen LogP contribution in [0.1, 0.15) is 23.2 Å². The van der Waals surface area contributed by atoms with E-state index in [1.807, 2.05) is 0 Å². The molecule has 1 aromatic heterocycles. The molecule has 4 nitrogen and oxygen atoms in total. The van der Waals surface area contributed by atoms with E-state index in [2.05, 4.69) is 9.72 Å². The quantitative estimate of drug-likeness (QED) is 0.668. The number of rotatable bonds is 5. The van der Waals surface area contributed by atoms with Crippen molar-refractivity contribution >= 4 is 17.6 Å². The first-order valence-electron chi connectivity index (χ1n) is 4.98. The molecule has 0 amide bonds. The van der Waals surface area contributed by atoms with Crippen molar-refractivity contribution in [3.8, 4) is 5.75 Å². The van der Waals surface area contributed by atoms with Crippen LogP contribution in [0.3, 0.4) is 0 Å². The standard InChI is InChI=1S/C10H7ClF5NO3/c11-2-4-3-17-5(1-6(18)19)8(7(4)9(12)13)20-10(14,15)16/h3,9H,1-2H2,(H,18,19). The van der Waals surface area contributed by atoms with Gasteiger partial charge in [0.2, 0.25) is 0 Å². The van der Waals surface area contributed by atoms with E-state index in [1.165, 1.54) is 0 Å². The fraction of sp³-hybridized carbons (Fsp3) is 0.400. The molecule has 112 valence electrons. The number of aromatic nitrogens is 1. The van der Waals surface area contributed by atoms with Gasteiger partial charge in [-0.15, -0.1) is 24.8 Å². The average molecular weight is 320 g/mol. The van der Waals surface area contributed by atoms with Crippen LogP contribution in [0, 0.1) is 0 Å². The molecule has 0 saturated carbocycles. The Hall–Kier alpha value is -1.64. The summed E-state index contributed by atoms with van der Waals surface area (Å²) in [5.74, 6) is -3.37. The van der Waals surface area contributed by atoms with Gasteiger partial charge in [-0.25, -0.2) is 8.78 Å². The Morgan fingerprint density at radius 2 is 2.05 bits per heavy atom. The lowest BCUT2D eigenvalue weighted by Crippen LogP contribution is -2.21. The van der Waals surface area contributed by atoms with Gasteiger partial charge in [0.15, 0.2) is 5.75 Å². The Morgan fingerprint density at radius 1 is 1.45 bits per heavy atom. The number of ether oxygens (including phenoxy) is 1. The molecule has 0 aromatic carbocycles. The molecule has 1 aromatic rings. The van der Waals surface area contributed by atoms with Crippen LogP contribution in [0.15, 0.2) is 6.20 Å². The van der Waals surface area contributed by atoms with Gasteiger partial charge < -0.3 is 9.84 Å². The lowest BCUT2D eigenvalue weighted by atomic mass is 10.1. The van der Waals surface area contributed by atoms with E-state index in [0.29, 0.717) is 0 Å². The minimum absolute atomic E-state index is 0.366. The molecule has 0 atom stereocenters. The lowest BCUT2D eigenvalue weighted by molar-refractivity contribution is -0.275. The van der Waals surface area contributed by atoms with Gasteiger partial charge in [-0.05, 0) is 5.56 Å². The summed E-state index contributed by atoms with van der Waals surface area (Å²) in [5.41, 5.74) is -2.22. The van der Waals surface area contributed by atoms with E-state index in [0.717, 1.165) is 6.20 Å². The number of aliphatic carboxylic acids is 1. The highest BCUT2D eigenvalue weighted by Crippen LogP contribution is 2.38. The van der Waals surface area contributed by atoms with Crippen LogP contribution in [0.5, 0.6) is 5.75 Å². The topological polar surface area (TPSA) is 59.4 Å². The molecule has 20 heavy (non-hydrogen) atoms. The minimum atomic E-state index is -5.26. The van der Waals surface area contributed by atoms with Gasteiger partial charge in [0.05, 0.1) is 17.7 Å². The summed E-state index contributed by atoms with van der Waals surface area (Å²) >= 11 is 5.35. The van der Waals surface area contributed by atoms with Crippen molar-refractivity contribution in [2.45, 2.75) is 25.1 Å². The minimum Gasteiger partial charge on any atom is -0.481 e. The second-order valence-electron chi connectivity index (χ2n) is 3.53. The maximum absolute atomic E-state index is 12.9. The average Bonchev–Trinajstić information content (AvgIpc) is 2.27. The second-order valence-corrected chi connectivity index (χ2v) is 3.79. The number of hydrogen-bond acceptors (Lipinski definition) is 3. The van der Waals surface area contributed by atoms with E-state index >= 15 is 0 Å². The van der Waals surface area contributed by atoms with E-state index in [1.54, 1.807) is 0 Å². The van der Waals surface area contributed by atoms with Crippen LogP contribution in [-0.4, -0.2) is 22.4 Å². The van der Waals surface area contributed by atoms with Crippen LogP contribution in [0.4, 0.5) is 22.0 Å². The SMILES string of the molecule is O=C(O)Cc1ncc(CCl)c(C(F)F)c1OC(F)(F)F. The molecule has 0 radical (unpaired) electrons. The molecule has 0 saturated heterocycles. The van der Waals surface area contributed by atoms with Crippen LogP contribution in [0.25, 0.3) is 0 Å². The maximum atomic E-state index is 12.9. The Morgan fingerprint density at radius 3 is 2.45 bits per heavy atom. The van der Waals surface area contributed by atoms with Gasteiger partial charge in [0, 0.05) is 12.1 Å². The van der Waals surface area contributed by atoms with Crippen molar-refractivity contribution in [1.29, 1.82) is 0 Å². The van der Waals surface area contributed by atoms with Gasteiger partial charge in [-0.3, -0.25) is 9.78 Å². The predicted octanol–water partition coefficient (Wildman–Crippen LogP) is 3.28. The van der Waals surface area contributed by atoms with Gasteiger partial charge in [-0.1, -0.05) is 0 Å². The van der Waals surface area contributed by atoms with Crippen LogP contribution in [0.2, 0.25) is 0 Å². The van der Waals surface area contributed by atoms with Gasteiger partial charge in [-0.2, -0.15) is 0 Å². The van der Waals surface area contributed by atoms with Gasteiger partial charge in [0.25, 0.3) is 6.43 Å². The first-order valence-corrected chi connectivity index (χ1v) is 5.51. The fourth-order valence-electron chi connectivity index (χ4n) is 1.43. The molecule has 0 aliphatic heterocycles. The molecule has 1 rings (SSSR count). The number of hydrogen-bond donors (Lipinski definition) is 1. The van der Waals surface area contributed by atoms with E-state index < -0.39 is 48.1 Å². The van der Waals surface area contributed by atoms with Crippen LogP contribution >= 0.6 is 11.6 Å². The number of carboxylic acid groups (broad SMARTS) is 1. The molecule has 0 bridgehead atoms. The molecule has 0 aliphatic rings. The highest BCUT2D eigenvalue weighted by Gasteiger charge is 2.36. The number of carbonyl (C=O) groups is 1. The highest BCUT2D eigenvalue weighted by atomic mass is 35.5. The number of nitrogens with zero attached hydrogens (tertiary/aromatic N) is 1. The molecule has 10 heteroatoms. The van der Waals surface area contributed by atoms with Crippen LogP contribution < -0.4 is 4.74 Å². The maximum Gasteiger partial charge on any atom is 0.573 e. The first-order chi connectivity index (χ1) is 9.15. The van der Waals surface area contributed by atoms with Gasteiger partial charge >= 0.3 is 12.3 Å². The van der Waals surface area contributed by atoms with Crippen molar-refractivity contribution in [2.24, 2.45) is 0 Å². The Labute approximate surface area is 114 Å². The molecular weight excluding hydrogens is 313 g/mol. The summed E-state index contributed by atoms with van der Waals surface area (Å²) in [4.78, 5) is 13.9. The fourth-order valence-corrected chi connectivity index (χ4v) is 1.64. The van der Waals surface area contributed by atoms with Crippen molar-refractivity contribution in [2.75, 3.05) is 0 Å². The van der Waals surface area contributed by atoms with Gasteiger partial charge in [0.1, 0.15) is 0 Å². The summed E-state index contributed by atoms with van der Waals surface area (Å²) in [6.07, 6.45) is -8.77. The predicted molar refractivity (Wildman–Crippen MR) is 56.8 cm³/mol. The Bertz CT molecular complexity index is 506. The smallest absolute Gasteiger partial charge is 0.481 e.